The Kier molecular flexibility index (Phi) is 4.02. The molecule has 1 amide bonds. The number of nitro groups is 1. The number of hydrogen-bond acceptors (Lipinski definition) is 6. The number of nitrogens with zero attached hydrogens (tertiary/aromatic N) is 3. The molecule has 0 spiro atoms. The number of rotatable bonds is 4. The minimum atomic E-state index is -0.825. The molecule has 0 saturated carbocycles. The number of amides is 1. The quantitative estimate of drug-likeness (QED) is 0.656. The van der Waals surface area contributed by atoms with Gasteiger partial charge in [0.1, 0.15) is 5.56 Å². The first kappa shape index (κ1) is 14.3. The predicted molar refractivity (Wildman–Crippen MR) is 72.6 cm³/mol. The maximum atomic E-state index is 13.6. The molecule has 9 heteroatoms. The van der Waals surface area contributed by atoms with E-state index in [1.165, 1.54) is 25.6 Å². The van der Waals surface area contributed by atoms with E-state index in [1.54, 1.807) is 0 Å². The van der Waals surface area contributed by atoms with Gasteiger partial charge in [-0.15, -0.1) is 0 Å². The Bertz CT molecular complexity index is 693. The number of carbonyl (C=O) groups is 1. The zero-order chi connectivity index (χ0) is 15.4. The van der Waals surface area contributed by atoms with Crippen molar-refractivity contribution in [3.8, 4) is 0 Å². The fourth-order valence-corrected chi connectivity index (χ4v) is 1.63. The monoisotopic (exact) mass is 291 g/mol. The van der Waals surface area contributed by atoms with Crippen LogP contribution in [0.4, 0.5) is 21.6 Å². The third kappa shape index (κ3) is 3.08. The molecule has 2 N–H and O–H groups in total. The second-order valence-corrected chi connectivity index (χ2v) is 3.90. The van der Waals surface area contributed by atoms with Crippen LogP contribution >= 0.6 is 0 Å². The van der Waals surface area contributed by atoms with Crippen molar-refractivity contribution in [3.05, 3.63) is 52.2 Å². The van der Waals surface area contributed by atoms with Gasteiger partial charge in [0.25, 0.3) is 11.6 Å². The standard InChI is InChI=1S/C12H10FN5O3/c1-14-9-4-7(10(18(20)21)5-8(9)13)12(19)17-11-6-15-2-3-16-11/h2-6,14H,1H3,(H,16,17,19). The van der Waals surface area contributed by atoms with E-state index in [9.17, 15) is 19.3 Å². The van der Waals surface area contributed by atoms with E-state index in [-0.39, 0.29) is 17.1 Å². The maximum Gasteiger partial charge on any atom is 0.285 e. The van der Waals surface area contributed by atoms with E-state index in [4.69, 9.17) is 0 Å². The van der Waals surface area contributed by atoms with Crippen molar-refractivity contribution in [2.24, 2.45) is 0 Å². The van der Waals surface area contributed by atoms with Crippen molar-refractivity contribution in [2.45, 2.75) is 0 Å². The van der Waals surface area contributed by atoms with Gasteiger partial charge < -0.3 is 10.6 Å². The molecule has 0 atom stereocenters. The van der Waals surface area contributed by atoms with Crippen molar-refractivity contribution >= 4 is 23.1 Å². The van der Waals surface area contributed by atoms with Gasteiger partial charge in [0.15, 0.2) is 11.6 Å². The predicted octanol–water partition coefficient (Wildman–Crippen LogP) is 1.82. The van der Waals surface area contributed by atoms with E-state index < -0.39 is 22.3 Å². The molecule has 2 aromatic rings. The second kappa shape index (κ2) is 5.90. The Balaban J connectivity index is 2.41. The highest BCUT2D eigenvalue weighted by molar-refractivity contribution is 6.07. The topological polar surface area (TPSA) is 110 Å². The van der Waals surface area contributed by atoms with E-state index in [1.807, 2.05) is 0 Å². The number of hydrogen-bond donors (Lipinski definition) is 2. The van der Waals surface area contributed by atoms with Gasteiger partial charge in [-0.25, -0.2) is 9.37 Å². The maximum absolute atomic E-state index is 13.6. The van der Waals surface area contributed by atoms with Crippen LogP contribution in [0, 0.1) is 15.9 Å². The molecule has 0 unspecified atom stereocenters. The van der Waals surface area contributed by atoms with Crippen molar-refractivity contribution in [2.75, 3.05) is 17.7 Å². The molecule has 0 radical (unpaired) electrons. The van der Waals surface area contributed by atoms with Gasteiger partial charge in [-0.05, 0) is 6.07 Å². The molecular weight excluding hydrogens is 281 g/mol. The Hall–Kier alpha value is -3.10. The van der Waals surface area contributed by atoms with Gasteiger partial charge in [-0.1, -0.05) is 0 Å². The normalized spacial score (nSPS) is 10.0. The first-order valence-corrected chi connectivity index (χ1v) is 5.76. The number of anilines is 2. The van der Waals surface area contributed by atoms with Crippen LogP contribution in [0.25, 0.3) is 0 Å². The average Bonchev–Trinajstić information content (AvgIpc) is 2.47. The van der Waals surface area contributed by atoms with E-state index in [2.05, 4.69) is 20.6 Å². The molecule has 21 heavy (non-hydrogen) atoms. The number of benzene rings is 1. The highest BCUT2D eigenvalue weighted by Crippen LogP contribution is 2.26. The summed E-state index contributed by atoms with van der Waals surface area (Å²) in [6.45, 7) is 0. The largest absolute Gasteiger partial charge is 0.386 e. The van der Waals surface area contributed by atoms with Gasteiger partial charge in [0.05, 0.1) is 22.9 Å². The van der Waals surface area contributed by atoms with Crippen molar-refractivity contribution < 1.29 is 14.1 Å². The Morgan fingerprint density at radius 2 is 2.14 bits per heavy atom. The summed E-state index contributed by atoms with van der Waals surface area (Å²) < 4.78 is 13.6. The Morgan fingerprint density at radius 1 is 1.38 bits per heavy atom. The Morgan fingerprint density at radius 3 is 2.71 bits per heavy atom. The molecule has 0 aliphatic carbocycles. The molecule has 108 valence electrons. The summed E-state index contributed by atoms with van der Waals surface area (Å²) in [6, 6.07) is 1.76. The summed E-state index contributed by atoms with van der Waals surface area (Å²) in [7, 11) is 1.44. The molecule has 8 nitrogen and oxygen atoms in total. The molecule has 1 aromatic carbocycles. The van der Waals surface area contributed by atoms with Gasteiger partial charge in [-0.2, -0.15) is 0 Å². The summed E-state index contributed by atoms with van der Waals surface area (Å²) in [5.41, 5.74) is -0.936. The van der Waals surface area contributed by atoms with Crippen molar-refractivity contribution in [1.29, 1.82) is 0 Å². The summed E-state index contributed by atoms with van der Waals surface area (Å²) >= 11 is 0. The fraction of sp³-hybridized carbons (Fsp3) is 0.0833. The van der Waals surface area contributed by atoms with Gasteiger partial charge in [0.2, 0.25) is 0 Å². The minimum Gasteiger partial charge on any atom is -0.386 e. The SMILES string of the molecule is CNc1cc(C(=O)Nc2cnccn2)c([N+](=O)[O-])cc1F. The lowest BCUT2D eigenvalue weighted by Gasteiger charge is -2.08. The van der Waals surface area contributed by atoms with Crippen LogP contribution in [-0.4, -0.2) is 27.8 Å². The number of nitrogens with one attached hydrogen (secondary N) is 2. The number of carbonyl (C=O) groups excluding carboxylic acids is 1. The Labute approximate surface area is 118 Å². The van der Waals surface area contributed by atoms with Crippen LogP contribution in [0.5, 0.6) is 0 Å². The summed E-state index contributed by atoms with van der Waals surface area (Å²) in [5.74, 6) is -1.47. The molecule has 0 fully saturated rings. The van der Waals surface area contributed by atoms with Gasteiger partial charge in [-0.3, -0.25) is 19.9 Å². The second-order valence-electron chi connectivity index (χ2n) is 3.90. The van der Waals surface area contributed by atoms with Crippen LogP contribution in [0.2, 0.25) is 0 Å². The lowest BCUT2D eigenvalue weighted by Crippen LogP contribution is -2.15. The number of halogens is 1. The highest BCUT2D eigenvalue weighted by atomic mass is 19.1. The lowest BCUT2D eigenvalue weighted by atomic mass is 10.1. The number of aromatic nitrogens is 2. The molecule has 0 saturated heterocycles. The average molecular weight is 291 g/mol. The zero-order valence-electron chi connectivity index (χ0n) is 10.8. The summed E-state index contributed by atoms with van der Waals surface area (Å²) in [5, 5.41) is 15.8. The third-order valence-electron chi connectivity index (χ3n) is 2.60. The molecule has 0 aliphatic rings. The van der Waals surface area contributed by atoms with Crippen LogP contribution in [0.15, 0.2) is 30.7 Å². The fourth-order valence-electron chi connectivity index (χ4n) is 1.63. The molecule has 0 bridgehead atoms. The highest BCUT2D eigenvalue weighted by Gasteiger charge is 2.23. The number of nitro benzene ring substituents is 1. The summed E-state index contributed by atoms with van der Waals surface area (Å²) in [4.78, 5) is 29.8. The van der Waals surface area contributed by atoms with Crippen LogP contribution in [0.1, 0.15) is 10.4 Å². The van der Waals surface area contributed by atoms with Crippen LogP contribution < -0.4 is 10.6 Å². The van der Waals surface area contributed by atoms with Crippen LogP contribution in [-0.2, 0) is 0 Å². The van der Waals surface area contributed by atoms with Crippen molar-refractivity contribution in [1.82, 2.24) is 9.97 Å². The van der Waals surface area contributed by atoms with Gasteiger partial charge in [0, 0.05) is 19.4 Å². The minimum absolute atomic E-state index is 0.0232. The smallest absolute Gasteiger partial charge is 0.285 e. The molecule has 1 aromatic heterocycles. The van der Waals surface area contributed by atoms with Gasteiger partial charge >= 0.3 is 0 Å². The molecule has 0 aliphatic heterocycles. The molecule has 2 rings (SSSR count). The van der Waals surface area contributed by atoms with Crippen LogP contribution in [0.3, 0.4) is 0 Å². The zero-order valence-corrected chi connectivity index (χ0v) is 10.8. The summed E-state index contributed by atoms with van der Waals surface area (Å²) in [6.07, 6.45) is 4.05. The van der Waals surface area contributed by atoms with E-state index in [0.717, 1.165) is 6.07 Å². The first-order chi connectivity index (χ1) is 10.0. The lowest BCUT2D eigenvalue weighted by molar-refractivity contribution is -0.385. The van der Waals surface area contributed by atoms with E-state index in [0.29, 0.717) is 6.07 Å². The molecular formula is C12H10FN5O3. The first-order valence-electron chi connectivity index (χ1n) is 5.76. The third-order valence-corrected chi connectivity index (χ3v) is 2.60. The van der Waals surface area contributed by atoms with E-state index >= 15 is 0 Å². The molecule has 1 heterocycles. The van der Waals surface area contributed by atoms with Crippen molar-refractivity contribution in [3.63, 3.8) is 0 Å².